The van der Waals surface area contributed by atoms with Gasteiger partial charge < -0.3 is 4.74 Å². The molecule has 0 saturated heterocycles. The maximum absolute atomic E-state index is 12.6. The summed E-state index contributed by atoms with van der Waals surface area (Å²) < 4.78 is 6.93. The van der Waals surface area contributed by atoms with Crippen LogP contribution in [-0.4, -0.2) is 23.1 Å². The van der Waals surface area contributed by atoms with Crippen LogP contribution in [0.1, 0.15) is 0 Å². The van der Waals surface area contributed by atoms with Crippen molar-refractivity contribution in [3.05, 3.63) is 70.0 Å². The summed E-state index contributed by atoms with van der Waals surface area (Å²) in [6, 6.07) is 15.3. The Balaban J connectivity index is 2.26. The molecule has 0 amide bonds. The van der Waals surface area contributed by atoms with Gasteiger partial charge in [-0.15, -0.1) is 11.8 Å². The number of aromatic nitrogens is 2. The first-order valence-electron chi connectivity index (χ1n) is 7.63. The number of benzene rings is 2. The third-order valence-electron chi connectivity index (χ3n) is 3.80. The molecule has 4 nitrogen and oxygen atoms in total. The highest BCUT2D eigenvalue weighted by Crippen LogP contribution is 2.30. The molecular weight excluding hydrogens is 356 g/mol. The molecule has 3 aromatic rings. The summed E-state index contributed by atoms with van der Waals surface area (Å²) in [5.74, 6) is 0. The van der Waals surface area contributed by atoms with Gasteiger partial charge in [0.2, 0.25) is 5.43 Å². The largest absolute Gasteiger partial charge is 0.362 e. The van der Waals surface area contributed by atoms with Crippen LogP contribution in [-0.2, 0) is 11.5 Å². The van der Waals surface area contributed by atoms with Gasteiger partial charge in [0.1, 0.15) is 6.73 Å². The highest BCUT2D eigenvalue weighted by atomic mass is 35.5. The zero-order valence-electron chi connectivity index (χ0n) is 13.9. The summed E-state index contributed by atoms with van der Waals surface area (Å²) in [5, 5.41) is 4.87. The van der Waals surface area contributed by atoms with Crippen LogP contribution in [0.4, 0.5) is 0 Å². The van der Waals surface area contributed by atoms with E-state index in [0.29, 0.717) is 16.3 Å². The van der Waals surface area contributed by atoms with Gasteiger partial charge >= 0.3 is 0 Å². The topological polar surface area (TPSA) is 44.1 Å². The number of rotatable bonds is 5. The molecule has 0 spiro atoms. The molecule has 3 rings (SSSR count). The highest BCUT2D eigenvalue weighted by Gasteiger charge is 2.16. The van der Waals surface area contributed by atoms with Gasteiger partial charge in [0, 0.05) is 22.6 Å². The maximum atomic E-state index is 12.6. The van der Waals surface area contributed by atoms with E-state index in [2.05, 4.69) is 5.10 Å². The lowest BCUT2D eigenvalue weighted by atomic mass is 9.99. The lowest BCUT2D eigenvalue weighted by molar-refractivity contribution is 0.121. The van der Waals surface area contributed by atoms with Crippen molar-refractivity contribution in [2.75, 3.05) is 13.4 Å². The molecule has 0 atom stereocenters. The number of hydrogen-bond acceptors (Lipinski definition) is 4. The minimum atomic E-state index is -0.130. The lowest BCUT2D eigenvalue weighted by Gasteiger charge is -2.16. The molecule has 128 valence electrons. The molecule has 0 unspecified atom stereocenters. The zero-order chi connectivity index (χ0) is 17.8. The van der Waals surface area contributed by atoms with Gasteiger partial charge in [-0.05, 0) is 36.1 Å². The van der Waals surface area contributed by atoms with Crippen molar-refractivity contribution < 1.29 is 4.74 Å². The van der Waals surface area contributed by atoms with Gasteiger partial charge in [-0.25, -0.2) is 4.68 Å². The Hall–Kier alpha value is -2.08. The quantitative estimate of drug-likeness (QED) is 0.616. The van der Waals surface area contributed by atoms with Gasteiger partial charge in [-0.1, -0.05) is 35.9 Å². The van der Waals surface area contributed by atoms with E-state index in [-0.39, 0.29) is 12.2 Å². The molecule has 0 aliphatic rings. The molecule has 0 saturated carbocycles. The summed E-state index contributed by atoms with van der Waals surface area (Å²) in [6.45, 7) is 0.244. The number of ether oxygens (including phenoxy) is 1. The number of nitrogens with zero attached hydrogens (tertiary/aromatic N) is 2. The second-order valence-corrected chi connectivity index (χ2v) is 6.70. The molecule has 0 bridgehead atoms. The van der Waals surface area contributed by atoms with E-state index in [1.165, 1.54) is 6.20 Å². The molecule has 0 fully saturated rings. The summed E-state index contributed by atoms with van der Waals surface area (Å²) in [7, 11) is 1.60. The zero-order valence-corrected chi connectivity index (χ0v) is 15.5. The average Bonchev–Trinajstić information content (AvgIpc) is 2.64. The van der Waals surface area contributed by atoms with Gasteiger partial charge in [-0.2, -0.15) is 5.10 Å². The SMILES string of the molecule is COCn1ncc(=O)c(-c2ccc(SC)cc2)c1-c1ccc(Cl)cc1. The van der Waals surface area contributed by atoms with Crippen LogP contribution < -0.4 is 5.43 Å². The van der Waals surface area contributed by atoms with Crippen molar-refractivity contribution in [2.24, 2.45) is 0 Å². The van der Waals surface area contributed by atoms with Gasteiger partial charge in [-0.3, -0.25) is 4.79 Å². The van der Waals surface area contributed by atoms with Crippen LogP contribution in [0.5, 0.6) is 0 Å². The van der Waals surface area contributed by atoms with Crippen molar-refractivity contribution in [1.29, 1.82) is 0 Å². The Kier molecular flexibility index (Phi) is 5.58. The predicted octanol–water partition coefficient (Wildman–Crippen LogP) is 4.56. The monoisotopic (exact) mass is 372 g/mol. The smallest absolute Gasteiger partial charge is 0.208 e. The molecule has 0 aliphatic carbocycles. The van der Waals surface area contributed by atoms with Crippen molar-refractivity contribution in [3.8, 4) is 22.4 Å². The Morgan fingerprint density at radius 2 is 1.72 bits per heavy atom. The normalized spacial score (nSPS) is 10.8. The molecule has 0 N–H and O–H groups in total. The Morgan fingerprint density at radius 1 is 1.08 bits per heavy atom. The number of hydrogen-bond donors (Lipinski definition) is 0. The number of thioether (sulfide) groups is 1. The van der Waals surface area contributed by atoms with Crippen LogP contribution >= 0.6 is 23.4 Å². The van der Waals surface area contributed by atoms with Crippen molar-refractivity contribution in [3.63, 3.8) is 0 Å². The predicted molar refractivity (Wildman–Crippen MR) is 103 cm³/mol. The van der Waals surface area contributed by atoms with E-state index in [4.69, 9.17) is 16.3 Å². The first-order valence-corrected chi connectivity index (χ1v) is 9.23. The van der Waals surface area contributed by atoms with Gasteiger partial charge in [0.25, 0.3) is 0 Å². The number of halogens is 1. The fourth-order valence-corrected chi connectivity index (χ4v) is 3.18. The van der Waals surface area contributed by atoms with Crippen LogP contribution in [0.25, 0.3) is 22.4 Å². The first-order chi connectivity index (χ1) is 12.1. The van der Waals surface area contributed by atoms with Gasteiger partial charge in [0.15, 0.2) is 0 Å². The van der Waals surface area contributed by atoms with Crippen molar-refractivity contribution in [1.82, 2.24) is 9.78 Å². The summed E-state index contributed by atoms with van der Waals surface area (Å²) in [4.78, 5) is 13.8. The minimum Gasteiger partial charge on any atom is -0.362 e. The molecule has 25 heavy (non-hydrogen) atoms. The van der Waals surface area contributed by atoms with E-state index in [1.54, 1.807) is 35.7 Å². The van der Waals surface area contributed by atoms with Gasteiger partial charge in [0.05, 0.1) is 17.5 Å². The van der Waals surface area contributed by atoms with E-state index in [9.17, 15) is 4.79 Å². The third-order valence-corrected chi connectivity index (χ3v) is 4.80. The molecule has 2 aromatic carbocycles. The lowest BCUT2D eigenvalue weighted by Crippen LogP contribution is -2.17. The molecule has 0 radical (unpaired) electrons. The minimum absolute atomic E-state index is 0.130. The Labute approximate surface area is 155 Å². The molecule has 6 heteroatoms. The van der Waals surface area contributed by atoms with Crippen LogP contribution in [0.2, 0.25) is 5.02 Å². The number of methoxy groups -OCH3 is 1. The molecule has 1 heterocycles. The summed E-state index contributed by atoms with van der Waals surface area (Å²) in [6.07, 6.45) is 3.35. The van der Waals surface area contributed by atoms with Crippen molar-refractivity contribution >= 4 is 23.4 Å². The van der Waals surface area contributed by atoms with Crippen LogP contribution in [0.3, 0.4) is 0 Å². The fraction of sp³-hybridized carbons (Fsp3) is 0.158. The van der Waals surface area contributed by atoms with E-state index >= 15 is 0 Å². The van der Waals surface area contributed by atoms with Crippen LogP contribution in [0.15, 0.2) is 64.4 Å². The fourth-order valence-electron chi connectivity index (χ4n) is 2.65. The van der Waals surface area contributed by atoms with E-state index in [0.717, 1.165) is 16.0 Å². The molecule has 1 aromatic heterocycles. The van der Waals surface area contributed by atoms with Crippen LogP contribution in [0, 0.1) is 0 Å². The second-order valence-electron chi connectivity index (χ2n) is 5.39. The molecular formula is C19H17ClN2O2S. The molecule has 0 aliphatic heterocycles. The third kappa shape index (κ3) is 3.79. The van der Waals surface area contributed by atoms with E-state index in [1.807, 2.05) is 42.7 Å². The first kappa shape index (κ1) is 17.7. The second kappa shape index (κ2) is 7.87. The Bertz CT molecular complexity index is 922. The average molecular weight is 373 g/mol. The van der Waals surface area contributed by atoms with Crippen molar-refractivity contribution in [2.45, 2.75) is 11.6 Å². The van der Waals surface area contributed by atoms with E-state index < -0.39 is 0 Å². The highest BCUT2D eigenvalue weighted by molar-refractivity contribution is 7.98. The Morgan fingerprint density at radius 3 is 2.32 bits per heavy atom. The summed E-state index contributed by atoms with van der Waals surface area (Å²) in [5.41, 5.74) is 2.88. The standard InChI is InChI=1S/C19H17ClN2O2S/c1-24-12-22-19(14-3-7-15(20)8-4-14)18(17(23)11-21-22)13-5-9-16(25-2)10-6-13/h3-11H,12H2,1-2H3. The summed E-state index contributed by atoms with van der Waals surface area (Å²) >= 11 is 7.67. The maximum Gasteiger partial charge on any atom is 0.208 e.